The van der Waals surface area contributed by atoms with Gasteiger partial charge in [0, 0.05) is 11.9 Å². The summed E-state index contributed by atoms with van der Waals surface area (Å²) in [5, 5.41) is 13.2. The van der Waals surface area contributed by atoms with E-state index in [-0.39, 0.29) is 17.5 Å². The van der Waals surface area contributed by atoms with Crippen LogP contribution in [-0.2, 0) is 12.4 Å². The first-order valence-electron chi connectivity index (χ1n) is 9.52. The predicted octanol–water partition coefficient (Wildman–Crippen LogP) is 5.87. The molecular formula is C20H24F6N2O. The molecule has 0 aliphatic carbocycles. The summed E-state index contributed by atoms with van der Waals surface area (Å²) in [4.78, 5) is 3.22. The summed E-state index contributed by atoms with van der Waals surface area (Å²) >= 11 is 0. The number of halogens is 6. The number of benzene rings is 1. The fraction of sp³-hybridized carbons (Fsp3) is 0.550. The van der Waals surface area contributed by atoms with E-state index in [4.69, 9.17) is 0 Å². The number of nitrogens with zero attached hydrogens (tertiary/aromatic N) is 1. The summed E-state index contributed by atoms with van der Waals surface area (Å²) in [6.45, 7) is 2.58. The molecule has 0 aliphatic heterocycles. The highest BCUT2D eigenvalue weighted by molar-refractivity contribution is 5.86. The van der Waals surface area contributed by atoms with Gasteiger partial charge < -0.3 is 10.4 Å². The van der Waals surface area contributed by atoms with Crippen LogP contribution in [0.4, 0.5) is 26.3 Å². The number of para-hydroxylation sites is 1. The number of fused-ring (bicyclic) bond motifs is 1. The van der Waals surface area contributed by atoms with Gasteiger partial charge in [-0.15, -0.1) is 0 Å². The van der Waals surface area contributed by atoms with Crippen LogP contribution in [0.15, 0.2) is 24.3 Å². The molecule has 1 unspecified atom stereocenters. The topological polar surface area (TPSA) is 45.1 Å². The molecule has 2 aromatic rings. The van der Waals surface area contributed by atoms with Crippen molar-refractivity contribution < 1.29 is 31.4 Å². The Kier molecular flexibility index (Phi) is 7.87. The first-order valence-corrected chi connectivity index (χ1v) is 9.52. The minimum Gasteiger partial charge on any atom is -0.387 e. The highest BCUT2D eigenvalue weighted by Gasteiger charge is 2.37. The monoisotopic (exact) mass is 422 g/mol. The number of nitrogens with one attached hydrogen (secondary N) is 1. The van der Waals surface area contributed by atoms with E-state index >= 15 is 0 Å². The van der Waals surface area contributed by atoms with Gasteiger partial charge in [-0.25, -0.2) is 4.98 Å². The second-order valence-corrected chi connectivity index (χ2v) is 6.93. The van der Waals surface area contributed by atoms with Gasteiger partial charge in [-0.05, 0) is 30.7 Å². The van der Waals surface area contributed by atoms with Gasteiger partial charge in [0.15, 0.2) is 0 Å². The van der Waals surface area contributed by atoms with E-state index < -0.39 is 35.2 Å². The van der Waals surface area contributed by atoms with Crippen LogP contribution in [-0.4, -0.2) is 23.2 Å². The zero-order chi connectivity index (χ0) is 21.7. The van der Waals surface area contributed by atoms with Gasteiger partial charge in [-0.3, -0.25) is 0 Å². The minimum absolute atomic E-state index is 0.0690. The van der Waals surface area contributed by atoms with Gasteiger partial charge in [0.1, 0.15) is 5.69 Å². The van der Waals surface area contributed by atoms with Crippen LogP contribution >= 0.6 is 0 Å². The fourth-order valence-corrected chi connectivity index (χ4v) is 3.13. The predicted molar refractivity (Wildman–Crippen MR) is 98.3 cm³/mol. The fourth-order valence-electron chi connectivity index (χ4n) is 3.13. The number of hydrogen-bond donors (Lipinski definition) is 2. The molecule has 1 heterocycles. The second-order valence-electron chi connectivity index (χ2n) is 6.93. The van der Waals surface area contributed by atoms with E-state index in [1.807, 2.05) is 0 Å². The third kappa shape index (κ3) is 6.30. The Bertz CT molecular complexity index is 804. The first kappa shape index (κ1) is 23.4. The number of pyridine rings is 1. The van der Waals surface area contributed by atoms with Gasteiger partial charge >= 0.3 is 12.4 Å². The molecule has 162 valence electrons. The third-order valence-electron chi connectivity index (χ3n) is 4.62. The largest absolute Gasteiger partial charge is 0.433 e. The van der Waals surface area contributed by atoms with Crippen LogP contribution in [0.1, 0.15) is 62.0 Å². The second kappa shape index (κ2) is 9.75. The quantitative estimate of drug-likeness (QED) is 0.393. The summed E-state index contributed by atoms with van der Waals surface area (Å²) in [7, 11) is 0. The molecule has 0 saturated carbocycles. The molecule has 0 spiro atoms. The molecule has 1 atom stereocenters. The van der Waals surface area contributed by atoms with Crippen LogP contribution in [0, 0.1) is 0 Å². The summed E-state index contributed by atoms with van der Waals surface area (Å²) in [6.07, 6.45) is -6.08. The van der Waals surface area contributed by atoms with Crippen LogP contribution in [0.3, 0.4) is 0 Å². The number of rotatable bonds is 9. The van der Waals surface area contributed by atoms with Crippen LogP contribution < -0.4 is 5.32 Å². The van der Waals surface area contributed by atoms with Crippen molar-refractivity contribution in [2.75, 3.05) is 13.1 Å². The van der Waals surface area contributed by atoms with Crippen molar-refractivity contribution in [3.05, 3.63) is 41.1 Å². The van der Waals surface area contributed by atoms with Crippen molar-refractivity contribution in [3.8, 4) is 0 Å². The Balaban J connectivity index is 2.29. The number of unbranched alkanes of at least 4 members (excludes halogenated alkanes) is 4. The molecule has 0 aliphatic rings. The lowest BCUT2D eigenvalue weighted by Crippen LogP contribution is -2.23. The number of aliphatic hydroxyl groups excluding tert-OH is 1. The maximum atomic E-state index is 13.3. The molecule has 0 fully saturated rings. The number of alkyl halides is 6. The molecule has 1 aromatic carbocycles. The van der Waals surface area contributed by atoms with Crippen LogP contribution in [0.25, 0.3) is 10.9 Å². The van der Waals surface area contributed by atoms with Gasteiger partial charge in [-0.1, -0.05) is 44.7 Å². The van der Waals surface area contributed by atoms with Crippen molar-refractivity contribution in [1.82, 2.24) is 10.3 Å². The van der Waals surface area contributed by atoms with Crippen molar-refractivity contribution in [3.63, 3.8) is 0 Å². The Hall–Kier alpha value is -1.87. The zero-order valence-corrected chi connectivity index (χ0v) is 16.0. The smallest absolute Gasteiger partial charge is 0.387 e. The molecule has 0 saturated heterocycles. The number of aliphatic hydroxyl groups is 1. The summed E-state index contributed by atoms with van der Waals surface area (Å²) < 4.78 is 79.4. The highest BCUT2D eigenvalue weighted by Crippen LogP contribution is 2.38. The summed E-state index contributed by atoms with van der Waals surface area (Å²) in [5.41, 5.74) is -3.77. The molecule has 9 heteroatoms. The lowest BCUT2D eigenvalue weighted by atomic mass is 9.99. The average Bonchev–Trinajstić information content (AvgIpc) is 2.64. The molecule has 29 heavy (non-hydrogen) atoms. The minimum atomic E-state index is -4.94. The Morgan fingerprint density at radius 3 is 2.31 bits per heavy atom. The first-order chi connectivity index (χ1) is 13.6. The molecule has 3 nitrogen and oxygen atoms in total. The Morgan fingerprint density at radius 1 is 1.00 bits per heavy atom. The van der Waals surface area contributed by atoms with E-state index in [9.17, 15) is 31.4 Å². The molecule has 0 amide bonds. The molecule has 2 N–H and O–H groups in total. The number of aromatic nitrogens is 1. The third-order valence-corrected chi connectivity index (χ3v) is 4.62. The summed E-state index contributed by atoms with van der Waals surface area (Å²) in [6, 6.07) is 3.63. The molecule has 1 aromatic heterocycles. The lowest BCUT2D eigenvalue weighted by molar-refractivity contribution is -0.142. The van der Waals surface area contributed by atoms with E-state index in [0.29, 0.717) is 18.7 Å². The van der Waals surface area contributed by atoms with E-state index in [1.165, 1.54) is 6.07 Å². The van der Waals surface area contributed by atoms with Crippen molar-refractivity contribution in [1.29, 1.82) is 0 Å². The summed E-state index contributed by atoms with van der Waals surface area (Å²) in [5.74, 6) is 0. The molecule has 2 rings (SSSR count). The molecule has 0 bridgehead atoms. The maximum absolute atomic E-state index is 13.3. The lowest BCUT2D eigenvalue weighted by Gasteiger charge is -2.19. The number of hydrogen-bond acceptors (Lipinski definition) is 3. The Morgan fingerprint density at radius 2 is 1.69 bits per heavy atom. The van der Waals surface area contributed by atoms with Crippen molar-refractivity contribution in [2.24, 2.45) is 0 Å². The molecule has 0 radical (unpaired) electrons. The highest BCUT2D eigenvalue weighted by atomic mass is 19.4. The van der Waals surface area contributed by atoms with Crippen LogP contribution in [0.2, 0.25) is 0 Å². The van der Waals surface area contributed by atoms with Gasteiger partial charge in [0.05, 0.1) is 17.2 Å². The maximum Gasteiger partial charge on any atom is 0.433 e. The standard InChI is InChI=1S/C20H24F6N2O/c1-2-3-4-5-6-10-27-12-16(29)14-11-17(20(24,25)26)28-18-13(14)8-7-9-15(18)19(21,22)23/h7-9,11,16,27,29H,2-6,10,12H2,1H3. The molecular weight excluding hydrogens is 398 g/mol. The van der Waals surface area contributed by atoms with Crippen molar-refractivity contribution >= 4 is 10.9 Å². The van der Waals surface area contributed by atoms with E-state index in [2.05, 4.69) is 17.2 Å². The average molecular weight is 422 g/mol. The van der Waals surface area contributed by atoms with Gasteiger partial charge in [-0.2, -0.15) is 26.3 Å². The van der Waals surface area contributed by atoms with E-state index in [1.54, 1.807) is 0 Å². The van der Waals surface area contributed by atoms with Gasteiger partial charge in [0.2, 0.25) is 0 Å². The normalized spacial score (nSPS) is 13.8. The Labute approximate surface area is 165 Å². The van der Waals surface area contributed by atoms with Gasteiger partial charge in [0.25, 0.3) is 0 Å². The van der Waals surface area contributed by atoms with Crippen molar-refractivity contribution in [2.45, 2.75) is 57.5 Å². The van der Waals surface area contributed by atoms with E-state index in [0.717, 1.165) is 38.2 Å². The van der Waals surface area contributed by atoms with Crippen LogP contribution in [0.5, 0.6) is 0 Å². The zero-order valence-electron chi connectivity index (χ0n) is 16.0. The SMILES string of the molecule is CCCCCCCNCC(O)c1cc(C(F)(F)F)nc2c(C(F)(F)F)cccc12.